The Morgan fingerprint density at radius 3 is 3.06 bits per heavy atom. The Bertz CT molecular complexity index is 367. The van der Waals surface area contributed by atoms with Gasteiger partial charge in [0.1, 0.15) is 5.82 Å². The van der Waals surface area contributed by atoms with Crippen LogP contribution in [-0.4, -0.2) is 22.6 Å². The molecule has 1 aliphatic rings. The molecule has 0 saturated heterocycles. The van der Waals surface area contributed by atoms with Crippen LogP contribution in [-0.2, 0) is 0 Å². The Balaban J connectivity index is 1.91. The fraction of sp³-hybridized carbons (Fsp3) is 0.714. The van der Waals surface area contributed by atoms with Gasteiger partial charge in [0.05, 0.1) is 0 Å². The second-order valence-electron chi connectivity index (χ2n) is 5.31. The second kappa shape index (κ2) is 6.57. The Kier molecular flexibility index (Phi) is 4.79. The minimum absolute atomic E-state index is 0.572. The van der Waals surface area contributed by atoms with Gasteiger partial charge < -0.3 is 10.6 Å². The molecule has 100 valence electrons. The lowest BCUT2D eigenvalue weighted by atomic mass is 9.87. The Hall–Kier alpha value is -1.32. The van der Waals surface area contributed by atoms with Crippen LogP contribution in [0.3, 0.4) is 0 Å². The van der Waals surface area contributed by atoms with Gasteiger partial charge >= 0.3 is 0 Å². The van der Waals surface area contributed by atoms with Gasteiger partial charge in [0.15, 0.2) is 0 Å². The molecule has 0 amide bonds. The van der Waals surface area contributed by atoms with Gasteiger partial charge in [-0.3, -0.25) is 0 Å². The highest BCUT2D eigenvalue weighted by molar-refractivity contribution is 5.40. The van der Waals surface area contributed by atoms with E-state index < -0.39 is 0 Å². The lowest BCUT2D eigenvalue weighted by Gasteiger charge is -2.27. The summed E-state index contributed by atoms with van der Waals surface area (Å²) in [5, 5.41) is 6.76. The topological polar surface area (TPSA) is 49.8 Å². The lowest BCUT2D eigenvalue weighted by molar-refractivity contribution is 0.358. The van der Waals surface area contributed by atoms with Crippen molar-refractivity contribution in [2.24, 2.45) is 5.92 Å². The molecule has 1 aliphatic carbocycles. The summed E-state index contributed by atoms with van der Waals surface area (Å²) in [5.74, 6) is 2.50. The van der Waals surface area contributed by atoms with Gasteiger partial charge in [0.2, 0.25) is 5.95 Å². The van der Waals surface area contributed by atoms with Crippen LogP contribution in [0.2, 0.25) is 0 Å². The van der Waals surface area contributed by atoms with E-state index >= 15 is 0 Å². The maximum absolute atomic E-state index is 4.50. The normalized spacial score (nSPS) is 23.7. The minimum Gasteiger partial charge on any atom is -0.367 e. The molecule has 4 nitrogen and oxygen atoms in total. The summed E-state index contributed by atoms with van der Waals surface area (Å²) in [5.41, 5.74) is 0. The molecule has 0 bridgehead atoms. The summed E-state index contributed by atoms with van der Waals surface area (Å²) in [6.45, 7) is 5.39. The predicted octanol–water partition coefficient (Wildman–Crippen LogP) is 3.29. The van der Waals surface area contributed by atoms with E-state index in [4.69, 9.17) is 0 Å². The molecule has 1 saturated carbocycles. The fourth-order valence-corrected chi connectivity index (χ4v) is 2.54. The van der Waals surface area contributed by atoms with Crippen molar-refractivity contribution in [3.63, 3.8) is 0 Å². The van der Waals surface area contributed by atoms with Crippen molar-refractivity contribution in [2.45, 2.75) is 52.0 Å². The van der Waals surface area contributed by atoms with E-state index in [0.29, 0.717) is 6.04 Å². The van der Waals surface area contributed by atoms with E-state index in [0.717, 1.165) is 30.6 Å². The van der Waals surface area contributed by atoms with E-state index in [2.05, 4.69) is 34.4 Å². The third-order valence-corrected chi connectivity index (χ3v) is 3.48. The molecule has 0 spiro atoms. The molecule has 0 aromatic carbocycles. The average Bonchev–Trinajstić information content (AvgIpc) is 2.37. The molecule has 1 heterocycles. The van der Waals surface area contributed by atoms with Crippen LogP contribution in [0.25, 0.3) is 0 Å². The first-order chi connectivity index (χ1) is 8.78. The van der Waals surface area contributed by atoms with Crippen LogP contribution in [0.15, 0.2) is 12.3 Å². The van der Waals surface area contributed by atoms with E-state index in [9.17, 15) is 0 Å². The molecule has 2 N–H and O–H groups in total. The number of aromatic nitrogens is 2. The molecule has 0 aliphatic heterocycles. The predicted molar refractivity (Wildman–Crippen MR) is 75.9 cm³/mol. The molecule has 18 heavy (non-hydrogen) atoms. The Morgan fingerprint density at radius 1 is 1.39 bits per heavy atom. The van der Waals surface area contributed by atoms with Crippen molar-refractivity contribution >= 4 is 11.8 Å². The van der Waals surface area contributed by atoms with E-state index in [-0.39, 0.29) is 0 Å². The first kappa shape index (κ1) is 13.1. The van der Waals surface area contributed by atoms with E-state index in [1.807, 2.05) is 12.3 Å². The summed E-state index contributed by atoms with van der Waals surface area (Å²) in [4.78, 5) is 8.72. The fourth-order valence-electron chi connectivity index (χ4n) is 2.54. The lowest BCUT2D eigenvalue weighted by Crippen LogP contribution is -2.26. The van der Waals surface area contributed by atoms with Gasteiger partial charge in [0.25, 0.3) is 0 Å². The molecular weight excluding hydrogens is 224 g/mol. The van der Waals surface area contributed by atoms with Crippen molar-refractivity contribution in [3.8, 4) is 0 Å². The van der Waals surface area contributed by atoms with E-state index in [1.54, 1.807) is 0 Å². The first-order valence-electron chi connectivity index (χ1n) is 7.11. The van der Waals surface area contributed by atoms with Crippen molar-refractivity contribution < 1.29 is 0 Å². The van der Waals surface area contributed by atoms with Crippen LogP contribution < -0.4 is 10.6 Å². The molecule has 2 atom stereocenters. The largest absolute Gasteiger partial charge is 0.367 e. The summed E-state index contributed by atoms with van der Waals surface area (Å²) in [6.07, 6.45) is 8.10. The maximum atomic E-state index is 4.50. The van der Waals surface area contributed by atoms with Gasteiger partial charge in [-0.1, -0.05) is 26.7 Å². The third kappa shape index (κ3) is 3.86. The zero-order valence-electron chi connectivity index (χ0n) is 11.4. The Morgan fingerprint density at radius 2 is 2.28 bits per heavy atom. The molecule has 1 aromatic rings. The smallest absolute Gasteiger partial charge is 0.224 e. The number of rotatable bonds is 5. The zero-order chi connectivity index (χ0) is 12.8. The highest BCUT2D eigenvalue weighted by atomic mass is 15.1. The third-order valence-electron chi connectivity index (χ3n) is 3.48. The van der Waals surface area contributed by atoms with Crippen molar-refractivity contribution in [3.05, 3.63) is 12.3 Å². The van der Waals surface area contributed by atoms with Gasteiger partial charge in [-0.25, -0.2) is 4.98 Å². The van der Waals surface area contributed by atoms with Crippen LogP contribution in [0.4, 0.5) is 11.8 Å². The highest BCUT2D eigenvalue weighted by Crippen LogP contribution is 2.25. The summed E-state index contributed by atoms with van der Waals surface area (Å²) < 4.78 is 0. The van der Waals surface area contributed by atoms with Crippen LogP contribution in [0.1, 0.15) is 46.0 Å². The number of anilines is 2. The molecule has 2 rings (SSSR count). The SMILES string of the molecule is CCCNc1nccc(NC2CCCC(C)C2)n1. The molecule has 2 unspecified atom stereocenters. The molecule has 4 heteroatoms. The zero-order valence-corrected chi connectivity index (χ0v) is 11.4. The summed E-state index contributed by atoms with van der Waals surface area (Å²) in [6, 6.07) is 2.53. The Labute approximate surface area is 110 Å². The first-order valence-corrected chi connectivity index (χ1v) is 7.11. The highest BCUT2D eigenvalue weighted by Gasteiger charge is 2.18. The maximum Gasteiger partial charge on any atom is 0.224 e. The summed E-state index contributed by atoms with van der Waals surface area (Å²) >= 11 is 0. The molecule has 1 fully saturated rings. The standard InChI is InChI=1S/C14H24N4/c1-3-8-15-14-16-9-7-13(18-14)17-12-6-4-5-11(2)10-12/h7,9,11-12H,3-6,8,10H2,1-2H3,(H2,15,16,17,18). The van der Waals surface area contributed by atoms with Crippen molar-refractivity contribution in [2.75, 3.05) is 17.2 Å². The number of nitrogens with one attached hydrogen (secondary N) is 2. The average molecular weight is 248 g/mol. The molecular formula is C14H24N4. The van der Waals surface area contributed by atoms with E-state index in [1.165, 1.54) is 25.7 Å². The van der Waals surface area contributed by atoms with Crippen LogP contribution in [0, 0.1) is 5.92 Å². The quantitative estimate of drug-likeness (QED) is 0.839. The van der Waals surface area contributed by atoms with Gasteiger partial charge in [-0.05, 0) is 31.2 Å². The van der Waals surface area contributed by atoms with Gasteiger partial charge in [-0.2, -0.15) is 4.98 Å². The summed E-state index contributed by atoms with van der Waals surface area (Å²) in [7, 11) is 0. The number of hydrogen-bond donors (Lipinski definition) is 2. The molecule has 1 aromatic heterocycles. The number of nitrogens with zero attached hydrogens (tertiary/aromatic N) is 2. The minimum atomic E-state index is 0.572. The van der Waals surface area contributed by atoms with Gasteiger partial charge in [0, 0.05) is 18.8 Å². The van der Waals surface area contributed by atoms with Crippen molar-refractivity contribution in [1.29, 1.82) is 0 Å². The van der Waals surface area contributed by atoms with Crippen LogP contribution in [0.5, 0.6) is 0 Å². The molecule has 0 radical (unpaired) electrons. The van der Waals surface area contributed by atoms with Crippen molar-refractivity contribution in [1.82, 2.24) is 9.97 Å². The monoisotopic (exact) mass is 248 g/mol. The second-order valence-corrected chi connectivity index (χ2v) is 5.31. The van der Waals surface area contributed by atoms with Crippen LogP contribution >= 0.6 is 0 Å². The van der Waals surface area contributed by atoms with Gasteiger partial charge in [-0.15, -0.1) is 0 Å². The number of hydrogen-bond acceptors (Lipinski definition) is 4.